The van der Waals surface area contributed by atoms with Gasteiger partial charge in [-0.1, -0.05) is 23.7 Å². The fourth-order valence-electron chi connectivity index (χ4n) is 1.48. The Morgan fingerprint density at radius 3 is 2.71 bits per heavy atom. The third-order valence-electron chi connectivity index (χ3n) is 2.43. The fraction of sp³-hybridized carbons (Fsp3) is 0.333. The van der Waals surface area contributed by atoms with Crippen LogP contribution >= 0.6 is 23.4 Å². The number of amides is 1. The molecule has 1 aliphatic rings. The first-order valence-corrected chi connectivity index (χ1v) is 6.63. The number of hydrogen-bond donors (Lipinski definition) is 1. The topological polar surface area (TPSA) is 41.5 Å². The maximum atomic E-state index is 11.5. The summed E-state index contributed by atoms with van der Waals surface area (Å²) in [5.41, 5.74) is -0.642. The van der Waals surface area contributed by atoms with Crippen LogP contribution in [0.2, 0.25) is 5.02 Å². The number of carbonyl (C=O) groups is 1. The zero-order chi connectivity index (χ0) is 12.5. The van der Waals surface area contributed by atoms with Gasteiger partial charge >= 0.3 is 0 Å². The molecule has 90 valence electrons. The van der Waals surface area contributed by atoms with Gasteiger partial charge in [-0.2, -0.15) is 0 Å². The molecule has 0 atom stereocenters. The van der Waals surface area contributed by atoms with Gasteiger partial charge in [0.25, 0.3) is 5.91 Å². The Morgan fingerprint density at radius 2 is 2.12 bits per heavy atom. The Balaban J connectivity index is 2.01. The highest BCUT2D eigenvalue weighted by atomic mass is 35.5. The minimum Gasteiger partial charge on any atom is -0.312 e. The molecule has 17 heavy (non-hydrogen) atoms. The number of hydrogen-bond acceptors (Lipinski definition) is 3. The third-order valence-corrected chi connectivity index (χ3v) is 3.96. The smallest absolute Gasteiger partial charge is 0.252 e. The highest BCUT2D eigenvalue weighted by molar-refractivity contribution is 8.00. The lowest BCUT2D eigenvalue weighted by Crippen LogP contribution is -2.34. The number of aliphatic imine (C=N–C) groups is 1. The minimum atomic E-state index is -0.642. The van der Waals surface area contributed by atoms with Crippen molar-refractivity contribution in [2.45, 2.75) is 24.3 Å². The lowest BCUT2D eigenvalue weighted by atomic mass is 10.1. The zero-order valence-corrected chi connectivity index (χ0v) is 11.2. The summed E-state index contributed by atoms with van der Waals surface area (Å²) >= 11 is 7.62. The molecule has 1 aromatic carbocycles. The summed E-state index contributed by atoms with van der Waals surface area (Å²) in [5, 5.41) is 3.50. The van der Waals surface area contributed by atoms with Crippen molar-refractivity contribution in [3.63, 3.8) is 0 Å². The van der Waals surface area contributed by atoms with Crippen LogP contribution in [0.5, 0.6) is 0 Å². The van der Waals surface area contributed by atoms with Crippen molar-refractivity contribution in [2.24, 2.45) is 4.99 Å². The predicted octanol–water partition coefficient (Wildman–Crippen LogP) is 2.74. The van der Waals surface area contributed by atoms with Crippen LogP contribution in [0.1, 0.15) is 13.8 Å². The van der Waals surface area contributed by atoms with Gasteiger partial charge in [0.2, 0.25) is 0 Å². The second-order valence-electron chi connectivity index (χ2n) is 4.29. The minimum absolute atomic E-state index is 0.0488. The van der Waals surface area contributed by atoms with E-state index in [2.05, 4.69) is 10.3 Å². The van der Waals surface area contributed by atoms with E-state index >= 15 is 0 Å². The molecule has 0 radical (unpaired) electrons. The Hall–Kier alpha value is -1.00. The van der Waals surface area contributed by atoms with Crippen molar-refractivity contribution in [1.29, 1.82) is 0 Å². The summed E-state index contributed by atoms with van der Waals surface area (Å²) in [6, 6.07) is 7.63. The van der Waals surface area contributed by atoms with Gasteiger partial charge in [0.1, 0.15) is 11.4 Å². The molecule has 1 amide bonds. The van der Waals surface area contributed by atoms with E-state index in [4.69, 9.17) is 11.6 Å². The molecule has 1 aliphatic heterocycles. The predicted molar refractivity (Wildman–Crippen MR) is 71.8 cm³/mol. The van der Waals surface area contributed by atoms with Crippen molar-refractivity contribution in [2.75, 3.05) is 5.75 Å². The fourth-order valence-corrected chi connectivity index (χ4v) is 2.59. The molecule has 0 saturated heterocycles. The third kappa shape index (κ3) is 2.82. The van der Waals surface area contributed by atoms with Crippen LogP contribution in [0.15, 0.2) is 34.2 Å². The molecule has 0 unspecified atom stereocenters. The molecule has 0 saturated carbocycles. The summed E-state index contributed by atoms with van der Waals surface area (Å²) in [4.78, 5) is 16.9. The van der Waals surface area contributed by atoms with E-state index in [1.165, 1.54) is 0 Å². The molecule has 1 heterocycles. The average Bonchev–Trinajstić information content (AvgIpc) is 2.52. The lowest BCUT2D eigenvalue weighted by Gasteiger charge is -2.07. The second kappa shape index (κ2) is 4.70. The van der Waals surface area contributed by atoms with Crippen LogP contribution in [-0.4, -0.2) is 23.0 Å². The first-order chi connectivity index (χ1) is 7.99. The molecule has 0 spiro atoms. The molecule has 0 bridgehead atoms. The van der Waals surface area contributed by atoms with E-state index < -0.39 is 5.54 Å². The molecule has 1 aromatic rings. The van der Waals surface area contributed by atoms with Crippen LogP contribution < -0.4 is 5.32 Å². The lowest BCUT2D eigenvalue weighted by molar-refractivity contribution is -0.122. The molecule has 3 nitrogen and oxygen atoms in total. The van der Waals surface area contributed by atoms with Gasteiger partial charge < -0.3 is 5.32 Å². The number of halogens is 1. The van der Waals surface area contributed by atoms with Crippen molar-refractivity contribution in [1.82, 2.24) is 5.32 Å². The highest BCUT2D eigenvalue weighted by Gasteiger charge is 2.33. The van der Waals surface area contributed by atoms with Crippen LogP contribution in [0.4, 0.5) is 0 Å². The van der Waals surface area contributed by atoms with Gasteiger partial charge in [0.15, 0.2) is 0 Å². The number of rotatable bonds is 3. The largest absolute Gasteiger partial charge is 0.312 e. The molecular weight excluding hydrogens is 256 g/mol. The summed E-state index contributed by atoms with van der Waals surface area (Å²) in [5.74, 6) is 1.29. The normalized spacial score (nSPS) is 17.8. The van der Waals surface area contributed by atoms with Crippen LogP contribution in [-0.2, 0) is 4.79 Å². The van der Waals surface area contributed by atoms with Crippen LogP contribution in [0.25, 0.3) is 0 Å². The first-order valence-electron chi connectivity index (χ1n) is 5.26. The Morgan fingerprint density at radius 1 is 1.41 bits per heavy atom. The number of thioether (sulfide) groups is 1. The number of amidine groups is 1. The number of benzene rings is 1. The van der Waals surface area contributed by atoms with E-state index in [0.717, 1.165) is 9.92 Å². The SMILES string of the molecule is CC1(C)N=C(CSc2ccccc2Cl)NC1=O. The average molecular weight is 269 g/mol. The van der Waals surface area contributed by atoms with Crippen molar-refractivity contribution >= 4 is 35.1 Å². The molecule has 2 rings (SSSR count). The van der Waals surface area contributed by atoms with E-state index in [0.29, 0.717) is 11.6 Å². The van der Waals surface area contributed by atoms with Gasteiger partial charge in [-0.05, 0) is 26.0 Å². The maximum Gasteiger partial charge on any atom is 0.252 e. The molecule has 1 N–H and O–H groups in total. The van der Waals surface area contributed by atoms with Crippen molar-refractivity contribution < 1.29 is 4.79 Å². The van der Waals surface area contributed by atoms with E-state index in [1.54, 1.807) is 25.6 Å². The highest BCUT2D eigenvalue weighted by Crippen LogP contribution is 2.27. The number of carbonyl (C=O) groups excluding carboxylic acids is 1. The Kier molecular flexibility index (Phi) is 3.45. The Labute approximate surface area is 110 Å². The van der Waals surface area contributed by atoms with Gasteiger partial charge in [-0.25, -0.2) is 0 Å². The van der Waals surface area contributed by atoms with Gasteiger partial charge in [-0.15, -0.1) is 11.8 Å². The standard InChI is InChI=1S/C12H13ClN2OS/c1-12(2)11(16)14-10(15-12)7-17-9-6-4-3-5-8(9)13/h3-6H,7H2,1-2H3,(H,14,15,16). The molecular formula is C12H13ClN2OS. The van der Waals surface area contributed by atoms with Crippen LogP contribution in [0.3, 0.4) is 0 Å². The summed E-state index contributed by atoms with van der Waals surface area (Å²) in [6.07, 6.45) is 0. The number of nitrogens with zero attached hydrogens (tertiary/aromatic N) is 1. The van der Waals surface area contributed by atoms with E-state index in [9.17, 15) is 4.79 Å². The summed E-state index contributed by atoms with van der Waals surface area (Å²) < 4.78 is 0. The zero-order valence-electron chi connectivity index (χ0n) is 9.66. The molecule has 0 fully saturated rings. The van der Waals surface area contributed by atoms with Crippen molar-refractivity contribution in [3.05, 3.63) is 29.3 Å². The quantitative estimate of drug-likeness (QED) is 0.857. The van der Waals surface area contributed by atoms with Gasteiger partial charge in [0, 0.05) is 4.90 Å². The second-order valence-corrected chi connectivity index (χ2v) is 5.72. The van der Waals surface area contributed by atoms with Crippen molar-refractivity contribution in [3.8, 4) is 0 Å². The van der Waals surface area contributed by atoms with E-state index in [1.807, 2.05) is 24.3 Å². The summed E-state index contributed by atoms with van der Waals surface area (Å²) in [7, 11) is 0. The maximum absolute atomic E-state index is 11.5. The first kappa shape index (κ1) is 12.5. The monoisotopic (exact) mass is 268 g/mol. The van der Waals surface area contributed by atoms with Crippen LogP contribution in [0, 0.1) is 0 Å². The number of nitrogens with one attached hydrogen (secondary N) is 1. The molecule has 0 aromatic heterocycles. The van der Waals surface area contributed by atoms with Gasteiger partial charge in [-0.3, -0.25) is 9.79 Å². The molecule has 0 aliphatic carbocycles. The summed E-state index contributed by atoms with van der Waals surface area (Å²) in [6.45, 7) is 3.60. The Bertz CT molecular complexity index is 485. The van der Waals surface area contributed by atoms with Gasteiger partial charge in [0.05, 0.1) is 10.8 Å². The van der Waals surface area contributed by atoms with E-state index in [-0.39, 0.29) is 5.91 Å². The molecule has 5 heteroatoms.